The molecule has 3 heterocycles. The summed E-state index contributed by atoms with van der Waals surface area (Å²) in [5.41, 5.74) is 2.62. The van der Waals surface area contributed by atoms with Crippen LogP contribution in [0, 0.1) is 5.82 Å². The first-order valence-electron chi connectivity index (χ1n) is 10.5. The molecule has 1 fully saturated rings. The lowest BCUT2D eigenvalue weighted by atomic mass is 10.0. The van der Waals surface area contributed by atoms with E-state index in [9.17, 15) is 4.39 Å². The van der Waals surface area contributed by atoms with Crippen LogP contribution in [0.5, 0.6) is 11.5 Å². The van der Waals surface area contributed by atoms with Crippen LogP contribution >= 0.6 is 22.9 Å². The van der Waals surface area contributed by atoms with E-state index in [-0.39, 0.29) is 11.1 Å². The van der Waals surface area contributed by atoms with Gasteiger partial charge in [-0.25, -0.2) is 9.37 Å². The van der Waals surface area contributed by atoms with Gasteiger partial charge in [0.25, 0.3) is 0 Å². The molecule has 0 atom stereocenters. The van der Waals surface area contributed by atoms with E-state index < -0.39 is 0 Å². The van der Waals surface area contributed by atoms with Crippen molar-refractivity contribution in [2.75, 3.05) is 50.2 Å². The number of methoxy groups -OCH3 is 2. The van der Waals surface area contributed by atoms with E-state index in [0.29, 0.717) is 43.4 Å². The monoisotopic (exact) mass is 484 g/mol. The molecule has 1 saturated heterocycles. The molecule has 0 N–H and O–H groups in total. The molecule has 2 aromatic heterocycles. The summed E-state index contributed by atoms with van der Waals surface area (Å²) in [4.78, 5) is 14.2. The number of benzene rings is 2. The lowest BCUT2D eigenvalue weighted by Crippen LogP contribution is -2.47. The van der Waals surface area contributed by atoms with Gasteiger partial charge in [-0.05, 0) is 41.4 Å². The predicted molar refractivity (Wildman–Crippen MR) is 132 cm³/mol. The van der Waals surface area contributed by atoms with Gasteiger partial charge in [-0.3, -0.25) is 0 Å². The van der Waals surface area contributed by atoms with Gasteiger partial charge in [-0.2, -0.15) is 4.98 Å². The number of aromatic nitrogens is 2. The van der Waals surface area contributed by atoms with Crippen LogP contribution in [0.4, 0.5) is 15.9 Å². The first-order chi connectivity index (χ1) is 16.1. The summed E-state index contributed by atoms with van der Waals surface area (Å²) < 4.78 is 25.1. The Morgan fingerprint density at radius 3 is 2.39 bits per heavy atom. The van der Waals surface area contributed by atoms with Crippen LogP contribution in [0.25, 0.3) is 21.3 Å². The molecule has 6 nitrogen and oxygen atoms in total. The minimum absolute atomic E-state index is 0.202. The van der Waals surface area contributed by atoms with Gasteiger partial charge in [0.05, 0.1) is 25.3 Å². The second kappa shape index (κ2) is 9.03. The van der Waals surface area contributed by atoms with E-state index in [4.69, 9.17) is 21.1 Å². The molecule has 0 radical (unpaired) electrons. The molecular weight excluding hydrogens is 463 g/mol. The van der Waals surface area contributed by atoms with Crippen molar-refractivity contribution < 1.29 is 13.9 Å². The third-order valence-electron chi connectivity index (χ3n) is 5.85. The molecule has 1 aliphatic heterocycles. The Morgan fingerprint density at radius 1 is 0.939 bits per heavy atom. The SMILES string of the molecule is COc1ccc(-c2csc3nc(Cl)nc(N4CCN(c5ccccc5F)CC4)c23)cc1OC. The molecule has 170 valence electrons. The number of nitrogens with zero attached hydrogens (tertiary/aromatic N) is 4. The van der Waals surface area contributed by atoms with Crippen molar-refractivity contribution in [1.29, 1.82) is 0 Å². The zero-order chi connectivity index (χ0) is 22.9. The van der Waals surface area contributed by atoms with Crippen LogP contribution < -0.4 is 19.3 Å². The van der Waals surface area contributed by atoms with Gasteiger partial charge in [0.2, 0.25) is 5.28 Å². The van der Waals surface area contributed by atoms with Crippen molar-refractivity contribution in [3.63, 3.8) is 0 Å². The minimum atomic E-state index is -0.202. The van der Waals surface area contributed by atoms with Crippen molar-refractivity contribution in [1.82, 2.24) is 9.97 Å². The van der Waals surface area contributed by atoms with Crippen molar-refractivity contribution in [3.8, 4) is 22.6 Å². The molecule has 0 amide bonds. The second-order valence-electron chi connectivity index (χ2n) is 7.64. The van der Waals surface area contributed by atoms with Gasteiger partial charge in [0.1, 0.15) is 16.5 Å². The minimum Gasteiger partial charge on any atom is -0.493 e. The van der Waals surface area contributed by atoms with E-state index in [1.165, 1.54) is 17.4 Å². The van der Waals surface area contributed by atoms with Crippen molar-refractivity contribution in [2.24, 2.45) is 0 Å². The fourth-order valence-electron chi connectivity index (χ4n) is 4.21. The lowest BCUT2D eigenvalue weighted by molar-refractivity contribution is 0.355. The number of halogens is 2. The molecule has 1 aliphatic rings. The molecule has 0 bridgehead atoms. The highest BCUT2D eigenvalue weighted by Gasteiger charge is 2.25. The summed E-state index contributed by atoms with van der Waals surface area (Å²) in [6, 6.07) is 12.7. The molecule has 0 aliphatic carbocycles. The molecular formula is C24H22ClFN4O2S. The maximum atomic E-state index is 14.3. The fourth-order valence-corrected chi connectivity index (χ4v) is 5.37. The summed E-state index contributed by atoms with van der Waals surface area (Å²) in [6.45, 7) is 2.75. The smallest absolute Gasteiger partial charge is 0.225 e. The first-order valence-corrected chi connectivity index (χ1v) is 11.8. The van der Waals surface area contributed by atoms with Gasteiger partial charge in [-0.1, -0.05) is 18.2 Å². The van der Waals surface area contributed by atoms with Crippen molar-refractivity contribution in [2.45, 2.75) is 0 Å². The maximum Gasteiger partial charge on any atom is 0.225 e. The van der Waals surface area contributed by atoms with Gasteiger partial charge in [0.15, 0.2) is 11.5 Å². The van der Waals surface area contributed by atoms with E-state index in [1.54, 1.807) is 20.3 Å². The van der Waals surface area contributed by atoms with Crippen LogP contribution in [0.15, 0.2) is 47.8 Å². The third-order valence-corrected chi connectivity index (χ3v) is 6.90. The summed E-state index contributed by atoms with van der Waals surface area (Å²) in [7, 11) is 3.24. The highest BCUT2D eigenvalue weighted by atomic mass is 35.5. The summed E-state index contributed by atoms with van der Waals surface area (Å²) in [5, 5.41) is 3.24. The second-order valence-corrected chi connectivity index (χ2v) is 8.84. The van der Waals surface area contributed by atoms with Crippen LogP contribution in [0.3, 0.4) is 0 Å². The van der Waals surface area contributed by atoms with E-state index in [0.717, 1.165) is 27.2 Å². The van der Waals surface area contributed by atoms with Gasteiger partial charge in [-0.15, -0.1) is 11.3 Å². The van der Waals surface area contributed by atoms with Gasteiger partial charge >= 0.3 is 0 Å². The summed E-state index contributed by atoms with van der Waals surface area (Å²) in [5.74, 6) is 1.92. The molecule has 5 rings (SSSR count). The topological polar surface area (TPSA) is 50.7 Å². The first kappa shape index (κ1) is 21.7. The Labute approximate surface area is 200 Å². The number of para-hydroxylation sites is 1. The highest BCUT2D eigenvalue weighted by Crippen LogP contribution is 2.41. The maximum absolute atomic E-state index is 14.3. The zero-order valence-corrected chi connectivity index (χ0v) is 19.8. The summed E-state index contributed by atoms with van der Waals surface area (Å²) >= 11 is 7.82. The van der Waals surface area contributed by atoms with Crippen LogP contribution in [-0.4, -0.2) is 50.4 Å². The average Bonchev–Trinajstić information content (AvgIpc) is 3.27. The van der Waals surface area contributed by atoms with Crippen molar-refractivity contribution in [3.05, 3.63) is 58.9 Å². The largest absolute Gasteiger partial charge is 0.493 e. The molecule has 4 aromatic rings. The molecule has 9 heteroatoms. The number of rotatable bonds is 5. The Bertz CT molecular complexity index is 1310. The number of ether oxygens (including phenoxy) is 2. The van der Waals surface area contributed by atoms with Crippen molar-refractivity contribution >= 4 is 44.7 Å². The molecule has 2 aromatic carbocycles. The zero-order valence-electron chi connectivity index (χ0n) is 18.2. The van der Waals surface area contributed by atoms with Crippen LogP contribution in [-0.2, 0) is 0 Å². The Balaban J connectivity index is 1.51. The molecule has 33 heavy (non-hydrogen) atoms. The quantitative estimate of drug-likeness (QED) is 0.349. The molecule has 0 unspecified atom stereocenters. The Kier molecular flexibility index (Phi) is 5.95. The van der Waals surface area contributed by atoms with E-state index in [2.05, 4.69) is 25.1 Å². The lowest BCUT2D eigenvalue weighted by Gasteiger charge is -2.37. The predicted octanol–water partition coefficient (Wildman–Crippen LogP) is 5.49. The number of fused-ring (bicyclic) bond motifs is 1. The number of hydrogen-bond acceptors (Lipinski definition) is 7. The van der Waals surface area contributed by atoms with E-state index in [1.807, 2.05) is 30.3 Å². The van der Waals surface area contributed by atoms with Crippen LogP contribution in [0.2, 0.25) is 5.28 Å². The van der Waals surface area contributed by atoms with Crippen LogP contribution in [0.1, 0.15) is 0 Å². The Hall–Kier alpha value is -3.10. The number of anilines is 2. The summed E-state index contributed by atoms with van der Waals surface area (Å²) in [6.07, 6.45) is 0. The third kappa shape index (κ3) is 4.05. The van der Waals surface area contributed by atoms with Gasteiger partial charge in [0, 0.05) is 37.1 Å². The molecule has 0 spiro atoms. The van der Waals surface area contributed by atoms with E-state index >= 15 is 0 Å². The number of thiophene rings is 1. The van der Waals surface area contributed by atoms with Gasteiger partial charge < -0.3 is 19.3 Å². The Morgan fingerprint density at radius 2 is 1.67 bits per heavy atom. The highest BCUT2D eigenvalue weighted by molar-refractivity contribution is 7.17. The number of piperazine rings is 1. The normalized spacial score (nSPS) is 14.1. The number of hydrogen-bond donors (Lipinski definition) is 0. The average molecular weight is 485 g/mol. The standard InChI is InChI=1S/C24H22ClFN4O2S/c1-31-19-8-7-15(13-20(19)32-2)16-14-33-23-21(16)22(27-24(25)28-23)30-11-9-29(10-12-30)18-6-4-3-5-17(18)26/h3-8,13-14H,9-12H2,1-2H3. The fraction of sp³-hybridized carbons (Fsp3) is 0.250. The molecule has 0 saturated carbocycles.